The minimum atomic E-state index is -0.463. The average Bonchev–Trinajstić information content (AvgIpc) is 2.65. The molecule has 0 bridgehead atoms. The fourth-order valence-electron chi connectivity index (χ4n) is 1.56. The van der Waals surface area contributed by atoms with Gasteiger partial charge in [0.05, 0.1) is 0 Å². The van der Waals surface area contributed by atoms with Gasteiger partial charge in [-0.3, -0.25) is 9.59 Å². The first kappa shape index (κ1) is 24.0. The van der Waals surface area contributed by atoms with Crippen molar-refractivity contribution in [3.05, 3.63) is 66.2 Å². The van der Waals surface area contributed by atoms with Gasteiger partial charge < -0.3 is 5.11 Å². The molecular formula is C21H25ClO3S. The van der Waals surface area contributed by atoms with Crippen molar-refractivity contribution in [3.8, 4) is 5.75 Å². The summed E-state index contributed by atoms with van der Waals surface area (Å²) in [7, 11) is 0. The monoisotopic (exact) mass is 392 g/mol. The van der Waals surface area contributed by atoms with Crippen molar-refractivity contribution in [2.75, 3.05) is 0 Å². The summed E-state index contributed by atoms with van der Waals surface area (Å²) in [6, 6.07) is 14.7. The molecule has 26 heavy (non-hydrogen) atoms. The molecule has 1 N–H and O–H groups in total. The number of carbonyl (C=O) groups excluding carboxylic acids is 2. The van der Waals surface area contributed by atoms with E-state index >= 15 is 0 Å². The van der Waals surface area contributed by atoms with Crippen LogP contribution in [0.4, 0.5) is 0 Å². The lowest BCUT2D eigenvalue weighted by Crippen LogP contribution is -1.95. The Bertz CT molecular complexity index is 695. The van der Waals surface area contributed by atoms with Crippen molar-refractivity contribution in [2.24, 2.45) is 0 Å². The number of halogens is 1. The molecule has 0 radical (unpaired) electrons. The molecule has 2 aromatic rings. The van der Waals surface area contributed by atoms with Gasteiger partial charge in [0.2, 0.25) is 5.24 Å². The summed E-state index contributed by atoms with van der Waals surface area (Å²) in [6.07, 6.45) is 0.532. The minimum absolute atomic E-state index is 0.163. The molecule has 0 saturated heterocycles. The highest BCUT2D eigenvalue weighted by atomic mass is 35.5. The van der Waals surface area contributed by atoms with Gasteiger partial charge in [-0.05, 0) is 54.9 Å². The van der Waals surface area contributed by atoms with E-state index in [4.69, 9.17) is 11.6 Å². The average molecular weight is 393 g/mol. The SMILES string of the molecule is C=C(C)C(=O)Cl.CC.CCC(=O)c1ccc(Sc2ccc(O)cc2)cc1. The Morgan fingerprint density at radius 2 is 1.38 bits per heavy atom. The van der Waals surface area contributed by atoms with Crippen LogP contribution in [0.3, 0.4) is 0 Å². The predicted molar refractivity (Wildman–Crippen MR) is 110 cm³/mol. The first-order chi connectivity index (χ1) is 12.3. The van der Waals surface area contributed by atoms with Crippen molar-refractivity contribution in [1.29, 1.82) is 0 Å². The quantitative estimate of drug-likeness (QED) is 0.359. The molecule has 2 aromatic carbocycles. The van der Waals surface area contributed by atoms with E-state index in [0.717, 1.165) is 15.4 Å². The highest BCUT2D eigenvalue weighted by Crippen LogP contribution is 2.28. The standard InChI is InChI=1S/C15H14O2S.C4H5ClO.C2H6/c1-2-15(17)11-3-7-13(8-4-11)18-14-9-5-12(16)6-10-14;1-3(2)4(5)6;1-2/h3-10,16H,2H2,1H3;1H2,2H3;1-2H3. The van der Waals surface area contributed by atoms with Gasteiger partial charge in [0, 0.05) is 27.3 Å². The van der Waals surface area contributed by atoms with Crippen LogP contribution in [-0.4, -0.2) is 16.1 Å². The van der Waals surface area contributed by atoms with Crippen molar-refractivity contribution in [3.63, 3.8) is 0 Å². The smallest absolute Gasteiger partial charge is 0.247 e. The molecule has 0 aliphatic carbocycles. The van der Waals surface area contributed by atoms with Crippen LogP contribution in [0, 0.1) is 0 Å². The van der Waals surface area contributed by atoms with E-state index in [-0.39, 0.29) is 11.5 Å². The zero-order valence-electron chi connectivity index (χ0n) is 15.6. The molecule has 0 amide bonds. The zero-order valence-corrected chi connectivity index (χ0v) is 17.2. The van der Waals surface area contributed by atoms with Crippen LogP contribution in [0.2, 0.25) is 0 Å². The third-order valence-electron chi connectivity index (χ3n) is 2.91. The molecule has 0 fully saturated rings. The highest BCUT2D eigenvalue weighted by Gasteiger charge is 2.03. The van der Waals surface area contributed by atoms with E-state index in [0.29, 0.717) is 12.0 Å². The number of hydrogen-bond donors (Lipinski definition) is 1. The highest BCUT2D eigenvalue weighted by molar-refractivity contribution is 7.99. The number of hydrogen-bond acceptors (Lipinski definition) is 4. The third-order valence-corrected chi connectivity index (χ3v) is 4.24. The number of rotatable bonds is 5. The third kappa shape index (κ3) is 9.44. The lowest BCUT2D eigenvalue weighted by Gasteiger charge is -2.03. The van der Waals surface area contributed by atoms with Crippen molar-refractivity contribution in [1.82, 2.24) is 0 Å². The Kier molecular flexibility index (Phi) is 12.2. The van der Waals surface area contributed by atoms with Crippen LogP contribution < -0.4 is 0 Å². The summed E-state index contributed by atoms with van der Waals surface area (Å²) >= 11 is 6.48. The van der Waals surface area contributed by atoms with E-state index in [9.17, 15) is 14.7 Å². The fourth-order valence-corrected chi connectivity index (χ4v) is 2.38. The molecule has 2 rings (SSSR count). The fraction of sp³-hybridized carbons (Fsp3) is 0.238. The van der Waals surface area contributed by atoms with Crippen molar-refractivity contribution < 1.29 is 14.7 Å². The molecule has 0 unspecified atom stereocenters. The Hall–Kier alpha value is -2.04. The second-order valence-corrected chi connectivity index (χ2v) is 6.44. The topological polar surface area (TPSA) is 54.4 Å². The molecule has 0 aromatic heterocycles. The molecular weight excluding hydrogens is 368 g/mol. The molecule has 0 aliphatic rings. The van der Waals surface area contributed by atoms with Gasteiger partial charge in [-0.15, -0.1) is 0 Å². The van der Waals surface area contributed by atoms with Crippen LogP contribution in [-0.2, 0) is 4.79 Å². The molecule has 0 aliphatic heterocycles. The van der Waals surface area contributed by atoms with E-state index < -0.39 is 5.24 Å². The summed E-state index contributed by atoms with van der Waals surface area (Å²) in [5.74, 6) is 0.430. The predicted octanol–water partition coefficient (Wildman–Crippen LogP) is 6.49. The van der Waals surface area contributed by atoms with Crippen molar-refractivity contribution >= 4 is 34.4 Å². The van der Waals surface area contributed by atoms with Gasteiger partial charge in [0.25, 0.3) is 0 Å². The van der Waals surface area contributed by atoms with Gasteiger partial charge in [0.1, 0.15) is 5.75 Å². The molecule has 140 valence electrons. The first-order valence-electron chi connectivity index (χ1n) is 8.29. The largest absolute Gasteiger partial charge is 0.508 e. The van der Waals surface area contributed by atoms with E-state index in [1.54, 1.807) is 30.8 Å². The lowest BCUT2D eigenvalue weighted by atomic mass is 10.1. The number of phenols is 1. The second-order valence-electron chi connectivity index (χ2n) is 4.95. The van der Waals surface area contributed by atoms with Crippen LogP contribution in [0.1, 0.15) is 44.5 Å². The summed E-state index contributed by atoms with van der Waals surface area (Å²) < 4.78 is 0. The molecule has 0 atom stereocenters. The summed E-state index contributed by atoms with van der Waals surface area (Å²) in [4.78, 5) is 23.4. The van der Waals surface area contributed by atoms with Crippen molar-refractivity contribution in [2.45, 2.75) is 43.9 Å². The normalized spacial score (nSPS) is 9.12. The van der Waals surface area contributed by atoms with Gasteiger partial charge in [-0.1, -0.05) is 51.2 Å². The Balaban J connectivity index is 0.000000667. The van der Waals surface area contributed by atoms with Gasteiger partial charge in [0.15, 0.2) is 5.78 Å². The summed E-state index contributed by atoms with van der Waals surface area (Å²) in [5, 5.41) is 8.74. The molecule has 0 saturated carbocycles. The first-order valence-corrected chi connectivity index (χ1v) is 9.48. The summed E-state index contributed by atoms with van der Waals surface area (Å²) in [6.45, 7) is 10.7. The molecule has 5 heteroatoms. The molecule has 0 spiro atoms. The zero-order chi connectivity index (χ0) is 20.1. The van der Waals surface area contributed by atoms with Crippen LogP contribution in [0.25, 0.3) is 0 Å². The Morgan fingerprint density at radius 3 is 1.73 bits per heavy atom. The molecule has 3 nitrogen and oxygen atoms in total. The van der Waals surface area contributed by atoms with Gasteiger partial charge >= 0.3 is 0 Å². The number of Topliss-reactive ketones (excluding diaryl/α,β-unsaturated/α-hetero) is 1. The van der Waals surface area contributed by atoms with E-state index in [1.165, 1.54) is 0 Å². The molecule has 0 heterocycles. The van der Waals surface area contributed by atoms with Gasteiger partial charge in [-0.25, -0.2) is 0 Å². The number of ketones is 1. The number of aromatic hydroxyl groups is 1. The number of benzene rings is 2. The van der Waals surface area contributed by atoms with Crippen LogP contribution in [0.15, 0.2) is 70.5 Å². The van der Waals surface area contributed by atoms with Gasteiger partial charge in [-0.2, -0.15) is 0 Å². The number of phenolic OH excluding ortho intramolecular Hbond substituents is 1. The van der Waals surface area contributed by atoms with Crippen LogP contribution >= 0.6 is 23.4 Å². The van der Waals surface area contributed by atoms with E-state index in [1.807, 2.05) is 57.2 Å². The van der Waals surface area contributed by atoms with Crippen LogP contribution in [0.5, 0.6) is 5.75 Å². The number of allylic oxidation sites excluding steroid dienone is 1. The Labute approximate surface area is 165 Å². The second kappa shape index (κ2) is 13.2. The maximum absolute atomic E-state index is 11.5. The minimum Gasteiger partial charge on any atom is -0.508 e. The van der Waals surface area contributed by atoms with E-state index in [2.05, 4.69) is 6.58 Å². The Morgan fingerprint density at radius 1 is 1.00 bits per heavy atom. The maximum Gasteiger partial charge on any atom is 0.247 e. The lowest BCUT2D eigenvalue weighted by molar-refractivity contribution is -0.108. The number of carbonyl (C=O) groups is 2. The maximum atomic E-state index is 11.5. The summed E-state index contributed by atoms with van der Waals surface area (Å²) in [5.41, 5.74) is 1.14.